The van der Waals surface area contributed by atoms with Crippen molar-refractivity contribution in [1.82, 2.24) is 0 Å². The summed E-state index contributed by atoms with van der Waals surface area (Å²) < 4.78 is 12.8. The first-order chi connectivity index (χ1) is 7.08. The number of rotatable bonds is 5. The van der Waals surface area contributed by atoms with E-state index >= 15 is 0 Å². The molecule has 0 aromatic heterocycles. The average Bonchev–Trinajstić information content (AvgIpc) is 2.14. The van der Waals surface area contributed by atoms with Gasteiger partial charge in [-0.25, -0.2) is 4.39 Å². The summed E-state index contributed by atoms with van der Waals surface area (Å²) in [6.07, 6.45) is 2.00. The van der Waals surface area contributed by atoms with Gasteiger partial charge in [-0.2, -0.15) is 0 Å². The molecule has 1 rings (SSSR count). The van der Waals surface area contributed by atoms with Crippen molar-refractivity contribution < 1.29 is 9.50 Å². The summed E-state index contributed by atoms with van der Waals surface area (Å²) in [4.78, 5) is 0. The van der Waals surface area contributed by atoms with Gasteiger partial charge < -0.3 is 5.11 Å². The van der Waals surface area contributed by atoms with Crippen LogP contribution in [0.5, 0.6) is 0 Å². The average molecular weight is 210 g/mol. The Morgan fingerprint density at radius 1 is 1.33 bits per heavy atom. The molecule has 0 aliphatic heterocycles. The molecule has 0 amide bonds. The molecule has 0 aliphatic rings. The van der Waals surface area contributed by atoms with Crippen LogP contribution in [0, 0.1) is 11.7 Å². The number of aliphatic hydroxyl groups excluding tert-OH is 1. The molecule has 1 unspecified atom stereocenters. The van der Waals surface area contributed by atoms with Gasteiger partial charge in [0.05, 0.1) is 6.10 Å². The van der Waals surface area contributed by atoms with E-state index in [9.17, 15) is 9.50 Å². The van der Waals surface area contributed by atoms with Crippen molar-refractivity contribution in [1.29, 1.82) is 0 Å². The monoisotopic (exact) mass is 210 g/mol. The Kier molecular flexibility index (Phi) is 4.76. The summed E-state index contributed by atoms with van der Waals surface area (Å²) in [7, 11) is 0. The van der Waals surface area contributed by atoms with Crippen LogP contribution in [0.4, 0.5) is 4.39 Å². The smallest absolute Gasteiger partial charge is 0.123 e. The van der Waals surface area contributed by atoms with Gasteiger partial charge in [-0.05, 0) is 42.9 Å². The van der Waals surface area contributed by atoms with Gasteiger partial charge >= 0.3 is 0 Å². The Morgan fingerprint density at radius 3 is 2.67 bits per heavy atom. The fourth-order valence-corrected chi connectivity index (χ4v) is 1.69. The second kappa shape index (κ2) is 5.86. The van der Waals surface area contributed by atoms with E-state index in [4.69, 9.17) is 0 Å². The number of halogens is 1. The van der Waals surface area contributed by atoms with Crippen LogP contribution in [-0.4, -0.2) is 11.2 Å². The molecule has 1 aromatic rings. The fourth-order valence-electron chi connectivity index (χ4n) is 1.69. The van der Waals surface area contributed by atoms with Gasteiger partial charge in [0, 0.05) is 0 Å². The number of aryl methyl sites for hydroxylation is 1. The number of hydrogen-bond donors (Lipinski definition) is 1. The number of aliphatic hydroxyl groups is 1. The molecular formula is C13H19FO. The van der Waals surface area contributed by atoms with E-state index < -0.39 is 0 Å². The van der Waals surface area contributed by atoms with Crippen LogP contribution < -0.4 is 0 Å². The van der Waals surface area contributed by atoms with Gasteiger partial charge in [-0.3, -0.25) is 0 Å². The summed E-state index contributed by atoms with van der Waals surface area (Å²) in [5.41, 5.74) is 0.956. The molecule has 0 radical (unpaired) electrons. The molecule has 1 N–H and O–H groups in total. The summed E-state index contributed by atoms with van der Waals surface area (Å²) >= 11 is 0. The standard InChI is InChI=1S/C13H19FO/c1-10(2)8-13(15)7-6-11-4-3-5-12(14)9-11/h3-5,9-10,13,15H,6-8H2,1-2H3. The Balaban J connectivity index is 2.36. The Morgan fingerprint density at radius 2 is 2.07 bits per heavy atom. The van der Waals surface area contributed by atoms with Gasteiger partial charge in [0.2, 0.25) is 0 Å². The highest BCUT2D eigenvalue weighted by Gasteiger charge is 2.07. The van der Waals surface area contributed by atoms with Crippen LogP contribution in [0.15, 0.2) is 24.3 Å². The molecular weight excluding hydrogens is 191 g/mol. The van der Waals surface area contributed by atoms with E-state index in [1.165, 1.54) is 12.1 Å². The van der Waals surface area contributed by atoms with Gasteiger partial charge in [0.25, 0.3) is 0 Å². The minimum Gasteiger partial charge on any atom is -0.393 e. The highest BCUT2D eigenvalue weighted by atomic mass is 19.1. The molecule has 2 heteroatoms. The zero-order chi connectivity index (χ0) is 11.3. The van der Waals surface area contributed by atoms with Crippen LogP contribution in [0.3, 0.4) is 0 Å². The van der Waals surface area contributed by atoms with E-state index in [0.717, 1.165) is 18.4 Å². The minimum atomic E-state index is -0.270. The van der Waals surface area contributed by atoms with Crippen molar-refractivity contribution in [2.45, 2.75) is 39.2 Å². The van der Waals surface area contributed by atoms with Crippen LogP contribution in [0.25, 0.3) is 0 Å². The zero-order valence-corrected chi connectivity index (χ0v) is 9.41. The van der Waals surface area contributed by atoms with Crippen molar-refractivity contribution in [3.8, 4) is 0 Å². The molecule has 1 nitrogen and oxygen atoms in total. The molecule has 0 saturated heterocycles. The summed E-state index contributed by atoms with van der Waals surface area (Å²) in [5.74, 6) is 0.304. The normalized spacial score (nSPS) is 13.1. The molecule has 0 aliphatic carbocycles. The topological polar surface area (TPSA) is 20.2 Å². The zero-order valence-electron chi connectivity index (χ0n) is 9.41. The Hall–Kier alpha value is -0.890. The summed E-state index contributed by atoms with van der Waals surface area (Å²) in [6.45, 7) is 4.18. The van der Waals surface area contributed by atoms with Gasteiger partial charge in [-0.15, -0.1) is 0 Å². The van der Waals surface area contributed by atoms with Crippen molar-refractivity contribution in [3.63, 3.8) is 0 Å². The van der Waals surface area contributed by atoms with Crippen molar-refractivity contribution in [3.05, 3.63) is 35.6 Å². The molecule has 0 spiro atoms. The lowest BCUT2D eigenvalue weighted by Crippen LogP contribution is -2.11. The molecule has 0 saturated carbocycles. The number of benzene rings is 1. The predicted molar refractivity (Wildman–Crippen MR) is 60.2 cm³/mol. The first-order valence-electron chi connectivity index (χ1n) is 5.50. The molecule has 1 aromatic carbocycles. The quantitative estimate of drug-likeness (QED) is 0.791. The first kappa shape index (κ1) is 12.2. The first-order valence-corrected chi connectivity index (χ1v) is 5.50. The molecule has 84 valence electrons. The van der Waals surface area contributed by atoms with E-state index in [1.54, 1.807) is 6.07 Å². The highest BCUT2D eigenvalue weighted by molar-refractivity contribution is 5.16. The third kappa shape index (κ3) is 4.93. The lowest BCUT2D eigenvalue weighted by Gasteiger charge is -2.12. The van der Waals surface area contributed by atoms with Crippen LogP contribution in [0.2, 0.25) is 0 Å². The second-order valence-electron chi connectivity index (χ2n) is 4.45. The van der Waals surface area contributed by atoms with E-state index in [1.807, 2.05) is 6.07 Å². The Labute approximate surface area is 90.9 Å². The fraction of sp³-hybridized carbons (Fsp3) is 0.538. The largest absolute Gasteiger partial charge is 0.393 e. The minimum absolute atomic E-state index is 0.203. The third-order valence-corrected chi connectivity index (χ3v) is 2.40. The summed E-state index contributed by atoms with van der Waals surface area (Å²) in [6, 6.07) is 6.57. The van der Waals surface area contributed by atoms with Gasteiger partial charge in [0.15, 0.2) is 0 Å². The molecule has 0 heterocycles. The van der Waals surface area contributed by atoms with Crippen LogP contribution in [-0.2, 0) is 6.42 Å². The number of hydrogen-bond acceptors (Lipinski definition) is 1. The van der Waals surface area contributed by atoms with Crippen molar-refractivity contribution in [2.75, 3.05) is 0 Å². The Bertz CT molecular complexity index is 296. The maximum atomic E-state index is 12.8. The lowest BCUT2D eigenvalue weighted by atomic mass is 10.00. The highest BCUT2D eigenvalue weighted by Crippen LogP contribution is 2.12. The van der Waals surface area contributed by atoms with E-state index in [0.29, 0.717) is 12.3 Å². The summed E-state index contributed by atoms with van der Waals surface area (Å²) in [5, 5.41) is 9.66. The molecule has 0 bridgehead atoms. The van der Waals surface area contributed by atoms with Crippen LogP contribution >= 0.6 is 0 Å². The predicted octanol–water partition coefficient (Wildman–Crippen LogP) is 3.17. The molecule has 1 atom stereocenters. The molecule has 15 heavy (non-hydrogen) atoms. The maximum Gasteiger partial charge on any atom is 0.123 e. The van der Waals surface area contributed by atoms with Gasteiger partial charge in [-0.1, -0.05) is 26.0 Å². The third-order valence-electron chi connectivity index (χ3n) is 2.40. The van der Waals surface area contributed by atoms with Crippen molar-refractivity contribution in [2.24, 2.45) is 5.92 Å². The maximum absolute atomic E-state index is 12.8. The van der Waals surface area contributed by atoms with E-state index in [-0.39, 0.29) is 11.9 Å². The SMILES string of the molecule is CC(C)CC(O)CCc1cccc(F)c1. The van der Waals surface area contributed by atoms with E-state index in [2.05, 4.69) is 13.8 Å². The lowest BCUT2D eigenvalue weighted by molar-refractivity contribution is 0.139. The second-order valence-corrected chi connectivity index (χ2v) is 4.45. The van der Waals surface area contributed by atoms with Crippen molar-refractivity contribution >= 4 is 0 Å². The van der Waals surface area contributed by atoms with Gasteiger partial charge in [0.1, 0.15) is 5.82 Å². The van der Waals surface area contributed by atoms with Crippen LogP contribution in [0.1, 0.15) is 32.3 Å². The molecule has 0 fully saturated rings.